The summed E-state index contributed by atoms with van der Waals surface area (Å²) in [7, 11) is 1.59. The number of halogens is 1. The predicted molar refractivity (Wildman–Crippen MR) is 83.6 cm³/mol. The van der Waals surface area contributed by atoms with Gasteiger partial charge in [-0.3, -0.25) is 4.79 Å². The quantitative estimate of drug-likeness (QED) is 0.751. The van der Waals surface area contributed by atoms with Gasteiger partial charge in [0.1, 0.15) is 11.5 Å². The number of hydrogen-bond donors (Lipinski definition) is 0. The molecule has 0 aliphatic rings. The molecule has 0 radical (unpaired) electrons. The number of carbonyl (C=O) groups is 1. The molecular weight excluding hydrogens is 288 g/mol. The van der Waals surface area contributed by atoms with E-state index in [0.717, 1.165) is 17.7 Å². The maximum absolute atomic E-state index is 12.0. The number of aryl methyl sites for hydroxylation is 1. The van der Waals surface area contributed by atoms with Gasteiger partial charge in [0.05, 0.1) is 7.11 Å². The van der Waals surface area contributed by atoms with Gasteiger partial charge in [-0.05, 0) is 54.4 Å². The molecule has 0 aromatic heterocycles. The second-order valence-corrected chi connectivity index (χ2v) is 4.95. The smallest absolute Gasteiger partial charge is 0.200 e. The van der Waals surface area contributed by atoms with E-state index in [4.69, 9.17) is 21.1 Å². The number of hydrogen-bond acceptors (Lipinski definition) is 3. The zero-order chi connectivity index (χ0) is 15.2. The van der Waals surface area contributed by atoms with Crippen LogP contribution in [0.15, 0.2) is 42.5 Å². The molecule has 21 heavy (non-hydrogen) atoms. The summed E-state index contributed by atoms with van der Waals surface area (Å²) in [6.45, 7) is 2.02. The van der Waals surface area contributed by atoms with E-state index >= 15 is 0 Å². The van der Waals surface area contributed by atoms with Crippen molar-refractivity contribution in [2.75, 3.05) is 13.7 Å². The first-order chi connectivity index (χ1) is 10.1. The Morgan fingerprint density at radius 1 is 1.10 bits per heavy atom. The van der Waals surface area contributed by atoms with Crippen LogP contribution in [0.25, 0.3) is 0 Å². The minimum Gasteiger partial charge on any atom is -0.497 e. The van der Waals surface area contributed by atoms with Gasteiger partial charge in [-0.1, -0.05) is 18.5 Å². The number of carbonyl (C=O) groups excluding carboxylic acids is 1. The fraction of sp³-hybridized carbons (Fsp3) is 0.235. The molecule has 0 bridgehead atoms. The Labute approximate surface area is 129 Å². The molecule has 0 saturated heterocycles. The molecule has 3 nitrogen and oxygen atoms in total. The van der Waals surface area contributed by atoms with Gasteiger partial charge in [0.15, 0.2) is 12.4 Å². The molecule has 2 aromatic carbocycles. The minimum atomic E-state index is -0.0781. The third kappa shape index (κ3) is 3.99. The molecule has 0 fully saturated rings. The molecule has 0 spiro atoms. The van der Waals surface area contributed by atoms with Crippen LogP contribution < -0.4 is 9.47 Å². The minimum absolute atomic E-state index is 0.00286. The van der Waals surface area contributed by atoms with Gasteiger partial charge in [-0.15, -0.1) is 0 Å². The van der Waals surface area contributed by atoms with E-state index in [1.807, 2.05) is 13.0 Å². The van der Waals surface area contributed by atoms with Crippen molar-refractivity contribution in [3.63, 3.8) is 0 Å². The van der Waals surface area contributed by atoms with Gasteiger partial charge in [0.2, 0.25) is 0 Å². The van der Waals surface area contributed by atoms with Crippen molar-refractivity contribution in [1.82, 2.24) is 0 Å². The van der Waals surface area contributed by atoms with Gasteiger partial charge in [-0.2, -0.15) is 0 Å². The summed E-state index contributed by atoms with van der Waals surface area (Å²) < 4.78 is 10.6. The Kier molecular flexibility index (Phi) is 5.23. The molecule has 0 unspecified atom stereocenters. The van der Waals surface area contributed by atoms with Crippen LogP contribution in [0.3, 0.4) is 0 Å². The van der Waals surface area contributed by atoms with Crippen molar-refractivity contribution in [2.45, 2.75) is 13.3 Å². The monoisotopic (exact) mass is 304 g/mol. The van der Waals surface area contributed by atoms with Crippen LogP contribution >= 0.6 is 11.6 Å². The Hall–Kier alpha value is -2.00. The molecule has 110 valence electrons. The van der Waals surface area contributed by atoms with Gasteiger partial charge < -0.3 is 9.47 Å². The number of methoxy groups -OCH3 is 1. The van der Waals surface area contributed by atoms with Crippen LogP contribution in [-0.2, 0) is 6.42 Å². The van der Waals surface area contributed by atoms with E-state index in [0.29, 0.717) is 16.3 Å². The Morgan fingerprint density at radius 3 is 2.38 bits per heavy atom. The van der Waals surface area contributed by atoms with Crippen LogP contribution in [0.2, 0.25) is 5.02 Å². The third-order valence-electron chi connectivity index (χ3n) is 3.18. The first kappa shape index (κ1) is 15.4. The molecule has 2 aromatic rings. The highest BCUT2D eigenvalue weighted by atomic mass is 35.5. The highest BCUT2D eigenvalue weighted by Crippen LogP contribution is 2.22. The molecule has 0 saturated carbocycles. The predicted octanol–water partition coefficient (Wildman–Crippen LogP) is 4.17. The summed E-state index contributed by atoms with van der Waals surface area (Å²) in [5, 5.41) is 0.714. The molecule has 4 heteroatoms. The molecule has 0 heterocycles. The molecule has 2 rings (SSSR count). The lowest BCUT2D eigenvalue weighted by atomic mass is 10.1. The topological polar surface area (TPSA) is 35.5 Å². The van der Waals surface area contributed by atoms with E-state index in [9.17, 15) is 4.79 Å². The Bertz CT molecular complexity index is 620. The second kappa shape index (κ2) is 7.14. The zero-order valence-electron chi connectivity index (χ0n) is 12.1. The van der Waals surface area contributed by atoms with Crippen molar-refractivity contribution >= 4 is 17.4 Å². The van der Waals surface area contributed by atoms with Crippen molar-refractivity contribution in [2.24, 2.45) is 0 Å². The summed E-state index contributed by atoms with van der Waals surface area (Å²) in [5.74, 6) is 1.29. The van der Waals surface area contributed by atoms with Gasteiger partial charge in [-0.25, -0.2) is 0 Å². The molecular formula is C17H17ClO3. The fourth-order valence-electron chi connectivity index (χ4n) is 1.92. The Morgan fingerprint density at radius 2 is 1.76 bits per heavy atom. The largest absolute Gasteiger partial charge is 0.497 e. The van der Waals surface area contributed by atoms with Crippen LogP contribution in [0.4, 0.5) is 0 Å². The zero-order valence-corrected chi connectivity index (χ0v) is 12.8. The van der Waals surface area contributed by atoms with E-state index < -0.39 is 0 Å². The second-order valence-electron chi connectivity index (χ2n) is 4.55. The lowest BCUT2D eigenvalue weighted by Gasteiger charge is -2.08. The standard InChI is InChI=1S/C17H17ClO3/c1-3-12-10-15(8-9-16(12)18)21-11-17(19)13-4-6-14(20-2)7-5-13/h4-10H,3,11H2,1-2H3. The maximum Gasteiger partial charge on any atom is 0.200 e. The first-order valence-corrected chi connectivity index (χ1v) is 7.10. The van der Waals surface area contributed by atoms with E-state index in [1.165, 1.54) is 0 Å². The fourth-order valence-corrected chi connectivity index (χ4v) is 2.17. The third-order valence-corrected chi connectivity index (χ3v) is 3.55. The number of rotatable bonds is 6. The van der Waals surface area contributed by atoms with Crippen LogP contribution in [0, 0.1) is 0 Å². The highest BCUT2D eigenvalue weighted by molar-refractivity contribution is 6.31. The first-order valence-electron chi connectivity index (χ1n) is 6.72. The summed E-state index contributed by atoms with van der Waals surface area (Å²) >= 11 is 6.05. The van der Waals surface area contributed by atoms with E-state index in [1.54, 1.807) is 43.5 Å². The normalized spacial score (nSPS) is 10.2. The van der Waals surface area contributed by atoms with E-state index in [-0.39, 0.29) is 12.4 Å². The number of benzene rings is 2. The average molecular weight is 305 g/mol. The number of Topliss-reactive ketones (excluding diaryl/α,β-unsaturated/α-hetero) is 1. The van der Waals surface area contributed by atoms with Crippen molar-refractivity contribution in [3.05, 3.63) is 58.6 Å². The lowest BCUT2D eigenvalue weighted by Crippen LogP contribution is -2.11. The molecule has 0 aliphatic heterocycles. The van der Waals surface area contributed by atoms with Crippen molar-refractivity contribution in [3.8, 4) is 11.5 Å². The number of ether oxygens (including phenoxy) is 2. The summed E-state index contributed by atoms with van der Waals surface area (Å²) in [4.78, 5) is 12.0. The van der Waals surface area contributed by atoms with Gasteiger partial charge >= 0.3 is 0 Å². The Balaban J connectivity index is 2.00. The summed E-state index contributed by atoms with van der Waals surface area (Å²) in [6.07, 6.45) is 0.822. The van der Waals surface area contributed by atoms with Crippen LogP contribution in [0.1, 0.15) is 22.8 Å². The van der Waals surface area contributed by atoms with Gasteiger partial charge in [0, 0.05) is 10.6 Å². The van der Waals surface area contributed by atoms with Crippen LogP contribution in [-0.4, -0.2) is 19.5 Å². The highest BCUT2D eigenvalue weighted by Gasteiger charge is 2.08. The van der Waals surface area contributed by atoms with Gasteiger partial charge in [0.25, 0.3) is 0 Å². The lowest BCUT2D eigenvalue weighted by molar-refractivity contribution is 0.0921. The van der Waals surface area contributed by atoms with Crippen LogP contribution in [0.5, 0.6) is 11.5 Å². The van der Waals surface area contributed by atoms with Crippen molar-refractivity contribution in [1.29, 1.82) is 0 Å². The molecule has 0 N–H and O–H groups in total. The van der Waals surface area contributed by atoms with Crippen molar-refractivity contribution < 1.29 is 14.3 Å². The average Bonchev–Trinajstić information content (AvgIpc) is 2.53. The maximum atomic E-state index is 12.0. The van der Waals surface area contributed by atoms with E-state index in [2.05, 4.69) is 0 Å². The number of ketones is 1. The molecule has 0 aliphatic carbocycles. The SMILES string of the molecule is CCc1cc(OCC(=O)c2ccc(OC)cc2)ccc1Cl. The molecule has 0 amide bonds. The summed E-state index contributed by atoms with van der Waals surface area (Å²) in [6, 6.07) is 12.4. The molecule has 0 atom stereocenters. The summed E-state index contributed by atoms with van der Waals surface area (Å²) in [5.41, 5.74) is 1.60.